The van der Waals surface area contributed by atoms with Gasteiger partial charge in [0.25, 0.3) is 0 Å². The van der Waals surface area contributed by atoms with Crippen molar-refractivity contribution in [2.24, 2.45) is 0 Å². The Kier molecular flexibility index (Phi) is 8.04. The predicted octanol–water partition coefficient (Wildman–Crippen LogP) is 5.20. The standard InChI is InChI=1S/C16H28O/c1-15-11-8-6-4-2-3-5-7-9-13-16(17)14-10-12-15/h11H,2-10,12-14H2,1H3/b15-11-. The number of Topliss-reactive ketones (excluding diaryl/α,β-unsaturated/α-hetero) is 1. The number of hydrogen-bond donors (Lipinski definition) is 0. The number of carbonyl (C=O) groups excluding carboxylic acids is 1. The minimum atomic E-state index is 0.479. The van der Waals surface area contributed by atoms with Crippen LogP contribution in [0.3, 0.4) is 0 Å². The van der Waals surface area contributed by atoms with Crippen LogP contribution in [0.5, 0.6) is 0 Å². The van der Waals surface area contributed by atoms with Gasteiger partial charge in [0.15, 0.2) is 0 Å². The number of carbonyl (C=O) groups is 1. The van der Waals surface area contributed by atoms with Gasteiger partial charge in [-0.15, -0.1) is 0 Å². The fraction of sp³-hybridized carbons (Fsp3) is 0.812. The van der Waals surface area contributed by atoms with Crippen molar-refractivity contribution in [3.05, 3.63) is 11.6 Å². The number of rotatable bonds is 0. The minimum absolute atomic E-state index is 0.479. The summed E-state index contributed by atoms with van der Waals surface area (Å²) in [5.41, 5.74) is 1.48. The molecule has 98 valence electrons. The molecule has 1 nitrogen and oxygen atoms in total. The molecule has 1 rings (SSSR count). The molecule has 1 aliphatic carbocycles. The van der Waals surface area contributed by atoms with Gasteiger partial charge in [0.2, 0.25) is 0 Å². The molecular weight excluding hydrogens is 208 g/mol. The third-order valence-electron chi connectivity index (χ3n) is 3.68. The molecule has 0 bridgehead atoms. The van der Waals surface area contributed by atoms with Crippen molar-refractivity contribution >= 4 is 5.78 Å². The molecule has 0 amide bonds. The second-order valence-corrected chi connectivity index (χ2v) is 5.46. The van der Waals surface area contributed by atoms with E-state index in [-0.39, 0.29) is 0 Å². The molecule has 1 aliphatic rings. The van der Waals surface area contributed by atoms with E-state index in [1.54, 1.807) is 0 Å². The molecule has 0 radical (unpaired) electrons. The molecule has 0 saturated heterocycles. The molecule has 0 aromatic rings. The van der Waals surface area contributed by atoms with Crippen molar-refractivity contribution in [1.29, 1.82) is 0 Å². The van der Waals surface area contributed by atoms with E-state index in [1.807, 2.05) is 0 Å². The molecule has 1 heteroatoms. The van der Waals surface area contributed by atoms with Crippen LogP contribution in [-0.4, -0.2) is 5.78 Å². The van der Waals surface area contributed by atoms with Crippen molar-refractivity contribution < 1.29 is 4.79 Å². The van der Waals surface area contributed by atoms with E-state index in [0.717, 1.165) is 32.1 Å². The van der Waals surface area contributed by atoms with Crippen molar-refractivity contribution in [3.63, 3.8) is 0 Å². The second kappa shape index (κ2) is 9.44. The largest absolute Gasteiger partial charge is 0.300 e. The van der Waals surface area contributed by atoms with Gasteiger partial charge in [-0.2, -0.15) is 0 Å². The van der Waals surface area contributed by atoms with E-state index in [1.165, 1.54) is 50.5 Å². The predicted molar refractivity (Wildman–Crippen MR) is 74.2 cm³/mol. The van der Waals surface area contributed by atoms with E-state index in [2.05, 4.69) is 13.0 Å². The van der Waals surface area contributed by atoms with Crippen LogP contribution in [0.4, 0.5) is 0 Å². The van der Waals surface area contributed by atoms with Gasteiger partial charge < -0.3 is 0 Å². The van der Waals surface area contributed by atoms with Gasteiger partial charge >= 0.3 is 0 Å². The van der Waals surface area contributed by atoms with Crippen molar-refractivity contribution in [2.75, 3.05) is 0 Å². The lowest BCUT2D eigenvalue weighted by molar-refractivity contribution is -0.119. The Balaban J connectivity index is 2.30. The summed E-state index contributed by atoms with van der Waals surface area (Å²) in [6.45, 7) is 2.21. The van der Waals surface area contributed by atoms with Gasteiger partial charge in [-0.25, -0.2) is 0 Å². The first-order valence-corrected chi connectivity index (χ1v) is 7.46. The molecule has 0 spiro atoms. The summed E-state index contributed by atoms with van der Waals surface area (Å²) in [6.07, 6.45) is 16.6. The highest BCUT2D eigenvalue weighted by atomic mass is 16.1. The maximum absolute atomic E-state index is 11.6. The molecule has 0 unspecified atom stereocenters. The SMILES string of the molecule is C/C1=C/CCCCCCCCCC(=O)CCC1. The zero-order chi connectivity index (χ0) is 12.3. The molecule has 0 aromatic carbocycles. The van der Waals surface area contributed by atoms with E-state index in [4.69, 9.17) is 0 Å². The average Bonchev–Trinajstić information content (AvgIpc) is 2.31. The van der Waals surface area contributed by atoms with E-state index < -0.39 is 0 Å². The summed E-state index contributed by atoms with van der Waals surface area (Å²) in [5, 5.41) is 0. The quantitative estimate of drug-likeness (QED) is 0.528. The topological polar surface area (TPSA) is 17.1 Å². The maximum Gasteiger partial charge on any atom is 0.132 e. The van der Waals surface area contributed by atoms with Crippen molar-refractivity contribution in [1.82, 2.24) is 0 Å². The van der Waals surface area contributed by atoms with E-state index in [0.29, 0.717) is 5.78 Å². The molecule has 0 fully saturated rings. The molecule has 0 aromatic heterocycles. The van der Waals surface area contributed by atoms with Crippen LogP contribution in [-0.2, 0) is 4.79 Å². The summed E-state index contributed by atoms with van der Waals surface area (Å²) >= 11 is 0. The lowest BCUT2D eigenvalue weighted by atomic mass is 10.0. The number of allylic oxidation sites excluding steroid dienone is 2. The zero-order valence-corrected chi connectivity index (χ0v) is 11.5. The summed E-state index contributed by atoms with van der Waals surface area (Å²) in [7, 11) is 0. The van der Waals surface area contributed by atoms with Gasteiger partial charge in [0.1, 0.15) is 5.78 Å². The molecule has 0 aliphatic heterocycles. The first-order chi connectivity index (χ1) is 8.29. The lowest BCUT2D eigenvalue weighted by Gasteiger charge is -2.02. The van der Waals surface area contributed by atoms with E-state index >= 15 is 0 Å². The van der Waals surface area contributed by atoms with Gasteiger partial charge in [0.05, 0.1) is 0 Å². The van der Waals surface area contributed by atoms with Gasteiger partial charge in [-0.1, -0.05) is 43.8 Å². The first kappa shape index (κ1) is 14.5. The van der Waals surface area contributed by atoms with Crippen LogP contribution < -0.4 is 0 Å². The Hall–Kier alpha value is -0.590. The summed E-state index contributed by atoms with van der Waals surface area (Å²) in [5.74, 6) is 0.479. The summed E-state index contributed by atoms with van der Waals surface area (Å²) in [4.78, 5) is 11.6. The molecular formula is C16H28O. The fourth-order valence-corrected chi connectivity index (χ4v) is 2.49. The third-order valence-corrected chi connectivity index (χ3v) is 3.68. The van der Waals surface area contributed by atoms with Gasteiger partial charge in [-0.05, 0) is 39.0 Å². The van der Waals surface area contributed by atoms with Crippen LogP contribution in [0.15, 0.2) is 11.6 Å². The van der Waals surface area contributed by atoms with Crippen LogP contribution in [0.1, 0.15) is 84.0 Å². The second-order valence-electron chi connectivity index (χ2n) is 5.46. The van der Waals surface area contributed by atoms with Gasteiger partial charge in [-0.3, -0.25) is 4.79 Å². The Morgan fingerprint density at radius 2 is 1.35 bits per heavy atom. The molecule has 0 heterocycles. The monoisotopic (exact) mass is 236 g/mol. The first-order valence-electron chi connectivity index (χ1n) is 7.46. The fourth-order valence-electron chi connectivity index (χ4n) is 2.49. The Bertz CT molecular complexity index is 240. The highest BCUT2D eigenvalue weighted by molar-refractivity contribution is 5.78. The lowest BCUT2D eigenvalue weighted by Crippen LogP contribution is -1.97. The smallest absolute Gasteiger partial charge is 0.132 e. The molecule has 0 N–H and O–H groups in total. The Labute approximate surface area is 107 Å². The van der Waals surface area contributed by atoms with E-state index in [9.17, 15) is 4.79 Å². The Morgan fingerprint density at radius 1 is 0.765 bits per heavy atom. The Morgan fingerprint density at radius 3 is 2.12 bits per heavy atom. The summed E-state index contributed by atoms with van der Waals surface area (Å²) < 4.78 is 0. The number of hydrogen-bond acceptors (Lipinski definition) is 1. The van der Waals surface area contributed by atoms with Crippen molar-refractivity contribution in [2.45, 2.75) is 84.0 Å². The van der Waals surface area contributed by atoms with Crippen molar-refractivity contribution in [3.8, 4) is 0 Å². The van der Waals surface area contributed by atoms with Gasteiger partial charge in [0, 0.05) is 12.8 Å². The molecule has 17 heavy (non-hydrogen) atoms. The average molecular weight is 236 g/mol. The maximum atomic E-state index is 11.6. The van der Waals surface area contributed by atoms with Crippen LogP contribution in [0.25, 0.3) is 0 Å². The summed E-state index contributed by atoms with van der Waals surface area (Å²) in [6, 6.07) is 0. The zero-order valence-electron chi connectivity index (χ0n) is 11.5. The third kappa shape index (κ3) is 8.18. The highest BCUT2D eigenvalue weighted by Crippen LogP contribution is 2.15. The van der Waals surface area contributed by atoms with Crippen LogP contribution in [0.2, 0.25) is 0 Å². The van der Waals surface area contributed by atoms with Crippen LogP contribution >= 0.6 is 0 Å². The minimum Gasteiger partial charge on any atom is -0.300 e. The highest BCUT2D eigenvalue weighted by Gasteiger charge is 2.02. The van der Waals surface area contributed by atoms with Crippen LogP contribution in [0, 0.1) is 0 Å². The number of ketones is 1. The molecule has 0 atom stereocenters. The normalized spacial score (nSPS) is 25.5. The molecule has 0 saturated carbocycles.